The Kier molecular flexibility index (Phi) is 4.17. The Morgan fingerprint density at radius 1 is 1.11 bits per heavy atom. The van der Waals surface area contributed by atoms with Gasteiger partial charge in [-0.05, 0) is 60.8 Å². The summed E-state index contributed by atoms with van der Waals surface area (Å²) in [6.45, 7) is 1.16. The van der Waals surface area contributed by atoms with E-state index in [-0.39, 0.29) is 11.5 Å². The van der Waals surface area contributed by atoms with Gasteiger partial charge in [-0.15, -0.1) is 0 Å². The molecule has 2 N–H and O–H groups in total. The van der Waals surface area contributed by atoms with Gasteiger partial charge in [0.2, 0.25) is 0 Å². The molecule has 2 amide bonds. The Labute approximate surface area is 163 Å². The molecule has 8 nitrogen and oxygen atoms in total. The van der Waals surface area contributed by atoms with Crippen molar-refractivity contribution in [1.29, 1.82) is 0 Å². The summed E-state index contributed by atoms with van der Waals surface area (Å²) in [4.78, 5) is 12.6. The van der Waals surface area contributed by atoms with Crippen molar-refractivity contribution in [3.63, 3.8) is 0 Å². The van der Waals surface area contributed by atoms with Gasteiger partial charge in [0.25, 0.3) is 10.0 Å². The molecule has 0 unspecified atom stereocenters. The first-order valence-electron chi connectivity index (χ1n) is 9.65. The third-order valence-corrected chi connectivity index (χ3v) is 7.20. The van der Waals surface area contributed by atoms with Gasteiger partial charge in [0, 0.05) is 5.69 Å². The second kappa shape index (κ2) is 6.59. The predicted molar refractivity (Wildman–Crippen MR) is 102 cm³/mol. The zero-order valence-electron chi connectivity index (χ0n) is 15.5. The number of nitrogens with one attached hydrogen (secondary N) is 2. The van der Waals surface area contributed by atoms with Crippen molar-refractivity contribution in [3.8, 4) is 0 Å². The number of fused-ring (bicyclic) bond motifs is 3. The quantitative estimate of drug-likeness (QED) is 0.816. The highest BCUT2D eigenvalue weighted by Crippen LogP contribution is 2.38. The van der Waals surface area contributed by atoms with Gasteiger partial charge in [0.1, 0.15) is 4.90 Å². The van der Waals surface area contributed by atoms with Crippen LogP contribution in [0.1, 0.15) is 40.8 Å². The number of aromatic nitrogens is 2. The van der Waals surface area contributed by atoms with E-state index < -0.39 is 16.1 Å². The topological polar surface area (TPSA) is 102 Å². The number of benzene rings is 1. The number of sulfonamides is 1. The highest BCUT2D eigenvalue weighted by atomic mass is 32.2. The Morgan fingerprint density at radius 3 is 2.54 bits per heavy atom. The minimum atomic E-state index is -4.03. The summed E-state index contributed by atoms with van der Waals surface area (Å²) in [5.74, 6) is 0. The minimum Gasteiger partial charge on any atom is -0.373 e. The fourth-order valence-corrected chi connectivity index (χ4v) is 5.62. The van der Waals surface area contributed by atoms with Crippen molar-refractivity contribution in [3.05, 3.63) is 40.2 Å². The molecule has 1 aromatic heterocycles. The van der Waals surface area contributed by atoms with Crippen LogP contribution in [-0.2, 0) is 53.6 Å². The van der Waals surface area contributed by atoms with Gasteiger partial charge in [-0.25, -0.2) is 17.9 Å². The molecule has 3 aliphatic rings. The van der Waals surface area contributed by atoms with Crippen LogP contribution in [0.5, 0.6) is 0 Å². The molecule has 9 heteroatoms. The van der Waals surface area contributed by atoms with Gasteiger partial charge >= 0.3 is 6.03 Å². The largest absolute Gasteiger partial charge is 0.373 e. The molecule has 0 atom stereocenters. The molecule has 1 aliphatic heterocycles. The van der Waals surface area contributed by atoms with Crippen LogP contribution in [-0.4, -0.2) is 30.8 Å². The maximum absolute atomic E-state index is 12.8. The van der Waals surface area contributed by atoms with Crippen LogP contribution in [0.2, 0.25) is 0 Å². The lowest BCUT2D eigenvalue weighted by Crippen LogP contribution is -2.35. The molecule has 1 aromatic carbocycles. The molecule has 2 aliphatic carbocycles. The van der Waals surface area contributed by atoms with Crippen LogP contribution in [0, 0.1) is 0 Å². The fourth-order valence-electron chi connectivity index (χ4n) is 4.56. The normalized spacial score (nSPS) is 17.7. The smallest absolute Gasteiger partial charge is 0.333 e. The first-order chi connectivity index (χ1) is 13.5. The number of hydrogen-bond donors (Lipinski definition) is 2. The highest BCUT2D eigenvalue weighted by molar-refractivity contribution is 7.90. The monoisotopic (exact) mass is 402 g/mol. The van der Waals surface area contributed by atoms with E-state index in [1.54, 1.807) is 4.68 Å². The van der Waals surface area contributed by atoms with E-state index in [0.717, 1.165) is 55.3 Å². The molecule has 148 valence electrons. The first-order valence-corrected chi connectivity index (χ1v) is 11.1. The van der Waals surface area contributed by atoms with Gasteiger partial charge in [-0.1, -0.05) is 6.07 Å². The summed E-state index contributed by atoms with van der Waals surface area (Å²) in [6, 6.07) is 1.54. The third kappa shape index (κ3) is 2.89. The van der Waals surface area contributed by atoms with Crippen molar-refractivity contribution in [2.75, 3.05) is 11.9 Å². The number of ether oxygens (including phenoxy) is 1. The number of anilines is 1. The van der Waals surface area contributed by atoms with Crippen LogP contribution in [0.3, 0.4) is 0 Å². The number of carbonyl (C=O) groups is 1. The number of nitrogens with zero attached hydrogens (tertiary/aromatic N) is 2. The zero-order valence-corrected chi connectivity index (χ0v) is 16.3. The van der Waals surface area contributed by atoms with E-state index >= 15 is 0 Å². The molecular weight excluding hydrogens is 380 g/mol. The summed E-state index contributed by atoms with van der Waals surface area (Å²) in [5.41, 5.74) is 6.15. The second-order valence-electron chi connectivity index (χ2n) is 7.52. The van der Waals surface area contributed by atoms with Crippen LogP contribution < -0.4 is 10.0 Å². The maximum Gasteiger partial charge on any atom is 0.333 e. The first kappa shape index (κ1) is 17.7. The van der Waals surface area contributed by atoms with E-state index in [1.165, 1.54) is 17.3 Å². The second-order valence-corrected chi connectivity index (χ2v) is 9.18. The van der Waals surface area contributed by atoms with Crippen molar-refractivity contribution >= 4 is 21.7 Å². The SMILES string of the molecule is O=C(Nc1c2c(cc3c1CCC3)CCC2)NS(=O)(=O)c1cnn2c1COCC2. The van der Waals surface area contributed by atoms with Gasteiger partial charge < -0.3 is 10.1 Å². The number of rotatable bonds is 3. The van der Waals surface area contributed by atoms with Gasteiger partial charge in [0.05, 0.1) is 31.6 Å². The van der Waals surface area contributed by atoms with Gasteiger partial charge in [-0.3, -0.25) is 4.68 Å². The zero-order chi connectivity index (χ0) is 19.3. The Bertz CT molecular complexity index is 1040. The number of carbonyl (C=O) groups excluding carboxylic acids is 1. The minimum absolute atomic E-state index is 0.00845. The lowest BCUT2D eigenvalue weighted by atomic mass is 9.99. The van der Waals surface area contributed by atoms with Crippen LogP contribution in [0.4, 0.5) is 10.5 Å². The van der Waals surface area contributed by atoms with Crippen molar-refractivity contribution in [2.45, 2.75) is 56.6 Å². The molecule has 28 heavy (non-hydrogen) atoms. The fraction of sp³-hybridized carbons (Fsp3) is 0.474. The third-order valence-electron chi connectivity index (χ3n) is 5.82. The van der Waals surface area contributed by atoms with E-state index in [2.05, 4.69) is 21.2 Å². The van der Waals surface area contributed by atoms with Crippen LogP contribution >= 0.6 is 0 Å². The molecule has 2 heterocycles. The molecule has 0 spiro atoms. The van der Waals surface area contributed by atoms with Crippen molar-refractivity contribution < 1.29 is 17.9 Å². The standard InChI is InChI=1S/C19H22N4O4S/c24-19(22-28(25,26)17-10-20-23-7-8-27-11-16(17)23)21-18-14-5-1-3-12(14)9-13-4-2-6-15(13)18/h9-10H,1-8,11H2,(H2,21,22,24). The number of urea groups is 1. The molecule has 0 radical (unpaired) electrons. The molecule has 0 saturated carbocycles. The summed E-state index contributed by atoms with van der Waals surface area (Å²) in [7, 11) is -4.03. The van der Waals surface area contributed by atoms with Crippen LogP contribution in [0.15, 0.2) is 17.2 Å². The van der Waals surface area contributed by atoms with Gasteiger partial charge in [0.15, 0.2) is 0 Å². The Hall–Kier alpha value is -2.39. The lowest BCUT2D eigenvalue weighted by Gasteiger charge is -2.17. The number of aryl methyl sites for hydroxylation is 2. The highest BCUT2D eigenvalue weighted by Gasteiger charge is 2.29. The van der Waals surface area contributed by atoms with E-state index in [1.807, 2.05) is 0 Å². The van der Waals surface area contributed by atoms with E-state index in [9.17, 15) is 13.2 Å². The Morgan fingerprint density at radius 2 is 1.82 bits per heavy atom. The van der Waals surface area contributed by atoms with Crippen molar-refractivity contribution in [1.82, 2.24) is 14.5 Å². The summed E-state index contributed by atoms with van der Waals surface area (Å²) >= 11 is 0. The summed E-state index contributed by atoms with van der Waals surface area (Å²) < 4.78 is 34.6. The number of hydrogen-bond acceptors (Lipinski definition) is 5. The lowest BCUT2D eigenvalue weighted by molar-refractivity contribution is 0.0780. The van der Waals surface area contributed by atoms with E-state index in [0.29, 0.717) is 18.8 Å². The Balaban J connectivity index is 1.41. The van der Waals surface area contributed by atoms with Crippen molar-refractivity contribution in [2.24, 2.45) is 0 Å². The summed E-state index contributed by atoms with van der Waals surface area (Å²) in [6.07, 6.45) is 7.26. The summed E-state index contributed by atoms with van der Waals surface area (Å²) in [5, 5.41) is 6.95. The van der Waals surface area contributed by atoms with E-state index in [4.69, 9.17) is 4.74 Å². The molecule has 5 rings (SSSR count). The molecule has 2 aromatic rings. The maximum atomic E-state index is 12.8. The predicted octanol–water partition coefficient (Wildman–Crippen LogP) is 1.90. The number of amides is 2. The molecule has 0 saturated heterocycles. The molecule has 0 bridgehead atoms. The average Bonchev–Trinajstić information content (AvgIpc) is 3.39. The molecule has 0 fully saturated rings. The average molecular weight is 402 g/mol. The molecular formula is C19H22N4O4S. The van der Waals surface area contributed by atoms with Gasteiger partial charge in [-0.2, -0.15) is 5.10 Å². The van der Waals surface area contributed by atoms with Crippen LogP contribution in [0.25, 0.3) is 0 Å².